The minimum atomic E-state index is -0.502. The van der Waals surface area contributed by atoms with Crippen LogP contribution in [0.15, 0.2) is 72.8 Å². The largest absolute Gasteiger partial charge is 0.503 e. The van der Waals surface area contributed by atoms with E-state index in [-0.39, 0.29) is 5.56 Å². The summed E-state index contributed by atoms with van der Waals surface area (Å²) < 4.78 is 17.1. The number of carbonyl (C=O) groups is 1. The highest BCUT2D eigenvalue weighted by Crippen LogP contribution is 2.44. The van der Waals surface area contributed by atoms with Gasteiger partial charge >= 0.3 is 0 Å². The summed E-state index contributed by atoms with van der Waals surface area (Å²) >= 11 is 0. The fraction of sp³-hybridized carbons (Fsp3) is 0.115. The summed E-state index contributed by atoms with van der Waals surface area (Å²) in [5.41, 5.74) is 1.83. The van der Waals surface area contributed by atoms with Gasteiger partial charge in [-0.1, -0.05) is 0 Å². The molecule has 0 radical (unpaired) electrons. The van der Waals surface area contributed by atoms with Gasteiger partial charge in [-0.05, 0) is 78.4 Å². The third-order valence-corrected chi connectivity index (χ3v) is 5.39. The van der Waals surface area contributed by atoms with Gasteiger partial charge in [-0.15, -0.1) is 0 Å². The summed E-state index contributed by atoms with van der Waals surface area (Å²) in [6.07, 6.45) is 0. The van der Waals surface area contributed by atoms with Crippen LogP contribution in [0.5, 0.6) is 28.9 Å². The van der Waals surface area contributed by atoms with E-state index < -0.39 is 17.4 Å². The van der Waals surface area contributed by atoms with Crippen LogP contribution in [0.25, 0.3) is 16.9 Å². The Morgan fingerprint density at radius 2 is 1.15 bits per heavy atom. The van der Waals surface area contributed by atoms with Gasteiger partial charge in [0.05, 0.1) is 32.6 Å². The van der Waals surface area contributed by atoms with Crippen LogP contribution in [0.4, 0.5) is 0 Å². The first-order valence-electron chi connectivity index (χ1n) is 10.1. The summed E-state index contributed by atoms with van der Waals surface area (Å²) in [6, 6.07) is 20.5. The van der Waals surface area contributed by atoms with Crippen molar-refractivity contribution in [2.24, 2.45) is 0 Å². The van der Waals surface area contributed by atoms with Crippen molar-refractivity contribution in [1.82, 2.24) is 4.57 Å². The molecular formula is C26H23NO6. The normalized spacial score (nSPS) is 10.6. The van der Waals surface area contributed by atoms with Crippen LogP contribution in [0, 0.1) is 0 Å². The molecule has 0 bridgehead atoms. The number of benzene rings is 3. The molecule has 0 fully saturated rings. The van der Waals surface area contributed by atoms with Crippen LogP contribution in [-0.2, 0) is 0 Å². The molecular weight excluding hydrogens is 422 g/mol. The molecule has 168 valence electrons. The summed E-state index contributed by atoms with van der Waals surface area (Å²) in [5.74, 6) is 0.488. The molecule has 7 nitrogen and oxygen atoms in total. The molecule has 0 saturated carbocycles. The first-order chi connectivity index (χ1) is 16.0. The molecule has 33 heavy (non-hydrogen) atoms. The highest BCUT2D eigenvalue weighted by molar-refractivity contribution is 6.15. The van der Waals surface area contributed by atoms with E-state index >= 15 is 0 Å². The molecule has 0 amide bonds. The molecule has 1 aromatic heterocycles. The second-order valence-corrected chi connectivity index (χ2v) is 7.22. The predicted molar refractivity (Wildman–Crippen MR) is 124 cm³/mol. The highest BCUT2D eigenvalue weighted by atomic mass is 16.5. The number of carbonyl (C=O) groups excluding carboxylic acids is 1. The first kappa shape index (κ1) is 21.8. The zero-order valence-corrected chi connectivity index (χ0v) is 18.4. The number of ketones is 1. The SMILES string of the molecule is COc1ccc(C(=O)c2c(O)c(O)n(-c3ccc(OC)cc3)c2-c2ccc(OC)cc2)cc1. The van der Waals surface area contributed by atoms with E-state index in [1.165, 1.54) is 11.7 Å². The molecule has 0 spiro atoms. The van der Waals surface area contributed by atoms with Gasteiger partial charge in [-0.3, -0.25) is 9.36 Å². The van der Waals surface area contributed by atoms with Crippen LogP contribution >= 0.6 is 0 Å². The van der Waals surface area contributed by atoms with Crippen LogP contribution in [-0.4, -0.2) is 41.9 Å². The van der Waals surface area contributed by atoms with E-state index in [4.69, 9.17) is 14.2 Å². The smallest absolute Gasteiger partial charge is 0.240 e. The van der Waals surface area contributed by atoms with Crippen LogP contribution in [0.3, 0.4) is 0 Å². The summed E-state index contributed by atoms with van der Waals surface area (Å²) in [6.45, 7) is 0. The Labute approximate surface area is 191 Å². The topological polar surface area (TPSA) is 90.2 Å². The van der Waals surface area contributed by atoms with Crippen molar-refractivity contribution < 1.29 is 29.2 Å². The molecule has 0 atom stereocenters. The molecule has 4 rings (SSSR count). The van der Waals surface area contributed by atoms with E-state index in [2.05, 4.69) is 0 Å². The summed E-state index contributed by atoms with van der Waals surface area (Å²) in [5, 5.41) is 21.8. The van der Waals surface area contributed by atoms with Crippen molar-refractivity contribution in [2.75, 3.05) is 21.3 Å². The zero-order valence-electron chi connectivity index (χ0n) is 18.4. The number of nitrogens with zero attached hydrogens (tertiary/aromatic N) is 1. The highest BCUT2D eigenvalue weighted by Gasteiger charge is 2.30. The van der Waals surface area contributed by atoms with Crippen molar-refractivity contribution in [2.45, 2.75) is 0 Å². The fourth-order valence-electron chi connectivity index (χ4n) is 3.65. The number of hydrogen-bond donors (Lipinski definition) is 2. The lowest BCUT2D eigenvalue weighted by atomic mass is 9.99. The van der Waals surface area contributed by atoms with Gasteiger partial charge in [0.15, 0.2) is 11.5 Å². The average Bonchev–Trinajstić information content (AvgIpc) is 3.14. The van der Waals surface area contributed by atoms with Gasteiger partial charge in [0.25, 0.3) is 0 Å². The van der Waals surface area contributed by atoms with E-state index in [9.17, 15) is 15.0 Å². The zero-order chi connectivity index (χ0) is 23.5. The standard InChI is InChI=1S/C26H23NO6/c1-31-19-10-4-16(5-11-19)23-22(24(28)17-6-12-20(32-2)13-7-17)25(29)26(30)27(23)18-8-14-21(33-3)15-9-18/h4-15,29-30H,1-3H3. The number of methoxy groups -OCH3 is 3. The maximum absolute atomic E-state index is 13.5. The Morgan fingerprint density at radius 3 is 1.64 bits per heavy atom. The fourth-order valence-corrected chi connectivity index (χ4v) is 3.65. The Kier molecular flexibility index (Phi) is 5.95. The Balaban J connectivity index is 1.95. The van der Waals surface area contributed by atoms with Gasteiger partial charge < -0.3 is 24.4 Å². The molecule has 2 N–H and O–H groups in total. The number of hydrogen-bond acceptors (Lipinski definition) is 6. The number of aromatic hydroxyl groups is 2. The van der Waals surface area contributed by atoms with Crippen molar-refractivity contribution in [3.05, 3.63) is 83.9 Å². The second kappa shape index (κ2) is 9.00. The van der Waals surface area contributed by atoms with Crippen molar-refractivity contribution >= 4 is 5.78 Å². The molecule has 0 aliphatic rings. The minimum absolute atomic E-state index is 0.0151. The second-order valence-electron chi connectivity index (χ2n) is 7.22. The number of ether oxygens (including phenoxy) is 3. The van der Waals surface area contributed by atoms with E-state index in [0.29, 0.717) is 39.8 Å². The van der Waals surface area contributed by atoms with E-state index in [1.807, 2.05) is 0 Å². The van der Waals surface area contributed by atoms with Crippen molar-refractivity contribution in [3.63, 3.8) is 0 Å². The van der Waals surface area contributed by atoms with Crippen LogP contribution in [0.1, 0.15) is 15.9 Å². The Morgan fingerprint density at radius 1 is 0.697 bits per heavy atom. The van der Waals surface area contributed by atoms with Gasteiger partial charge in [0, 0.05) is 11.3 Å². The van der Waals surface area contributed by atoms with Gasteiger partial charge in [-0.2, -0.15) is 0 Å². The summed E-state index contributed by atoms with van der Waals surface area (Å²) in [4.78, 5) is 13.5. The molecule has 7 heteroatoms. The molecule has 3 aromatic carbocycles. The van der Waals surface area contributed by atoms with Gasteiger partial charge in [-0.25, -0.2) is 0 Å². The van der Waals surface area contributed by atoms with E-state index in [1.54, 1.807) is 87.0 Å². The first-order valence-corrected chi connectivity index (χ1v) is 10.1. The van der Waals surface area contributed by atoms with Crippen LogP contribution < -0.4 is 14.2 Å². The number of rotatable bonds is 7. The number of aromatic nitrogens is 1. The molecule has 0 saturated heterocycles. The maximum Gasteiger partial charge on any atom is 0.240 e. The lowest BCUT2D eigenvalue weighted by Gasteiger charge is -2.13. The molecule has 0 aliphatic heterocycles. The molecule has 1 heterocycles. The Hall–Kier alpha value is -4.39. The molecule has 0 unspecified atom stereocenters. The predicted octanol–water partition coefficient (Wildman–Crippen LogP) is 4.81. The maximum atomic E-state index is 13.5. The Bertz CT molecular complexity index is 1270. The quantitative estimate of drug-likeness (QED) is 0.397. The third kappa shape index (κ3) is 3.96. The summed E-state index contributed by atoms with van der Waals surface area (Å²) in [7, 11) is 4.66. The molecule has 0 aliphatic carbocycles. The van der Waals surface area contributed by atoms with Crippen molar-refractivity contribution in [1.29, 1.82) is 0 Å². The lowest BCUT2D eigenvalue weighted by Crippen LogP contribution is -2.05. The van der Waals surface area contributed by atoms with Crippen LogP contribution in [0.2, 0.25) is 0 Å². The van der Waals surface area contributed by atoms with Gasteiger partial charge in [0.2, 0.25) is 5.88 Å². The molecule has 4 aromatic rings. The third-order valence-electron chi connectivity index (χ3n) is 5.39. The average molecular weight is 445 g/mol. The van der Waals surface area contributed by atoms with E-state index in [0.717, 1.165) is 0 Å². The van der Waals surface area contributed by atoms with Gasteiger partial charge in [0.1, 0.15) is 17.2 Å². The lowest BCUT2D eigenvalue weighted by molar-refractivity contribution is 0.103. The monoisotopic (exact) mass is 445 g/mol. The minimum Gasteiger partial charge on any atom is -0.503 e. The van der Waals surface area contributed by atoms with Crippen molar-refractivity contribution in [3.8, 4) is 45.8 Å².